The van der Waals surface area contributed by atoms with Crippen LogP contribution in [0.25, 0.3) is 0 Å². The second-order valence-corrected chi connectivity index (χ2v) is 4.52. The summed E-state index contributed by atoms with van der Waals surface area (Å²) in [4.78, 5) is 0. The van der Waals surface area contributed by atoms with Gasteiger partial charge in [-0.1, -0.05) is 0 Å². The van der Waals surface area contributed by atoms with Gasteiger partial charge < -0.3 is 5.73 Å². The van der Waals surface area contributed by atoms with Crippen LogP contribution in [-0.2, 0) is 13.1 Å². The topological polar surface area (TPSA) is 61.7 Å². The molecule has 0 aromatic carbocycles. The highest BCUT2D eigenvalue weighted by molar-refractivity contribution is 14.1. The Morgan fingerprint density at radius 2 is 2.13 bits per heavy atom. The molecule has 2 aromatic heterocycles. The Labute approximate surface area is 101 Å². The van der Waals surface area contributed by atoms with Gasteiger partial charge in [-0.15, -0.1) is 0 Å². The molecule has 0 aliphatic carbocycles. The van der Waals surface area contributed by atoms with Gasteiger partial charge in [0.2, 0.25) is 0 Å². The third-order valence-corrected chi connectivity index (χ3v) is 2.59. The van der Waals surface area contributed by atoms with E-state index >= 15 is 0 Å². The lowest BCUT2D eigenvalue weighted by Crippen LogP contribution is -2.05. The normalized spacial score (nSPS) is 10.7. The zero-order valence-electron chi connectivity index (χ0n) is 8.17. The summed E-state index contributed by atoms with van der Waals surface area (Å²) in [5, 5.41) is 8.32. The predicted octanol–water partition coefficient (Wildman–Crippen LogP) is 1.36. The zero-order valence-corrected chi connectivity index (χ0v) is 10.3. The van der Waals surface area contributed by atoms with Crippen LogP contribution in [0.15, 0.2) is 24.7 Å². The lowest BCUT2D eigenvalue weighted by molar-refractivity contribution is 0.501. The van der Waals surface area contributed by atoms with Crippen LogP contribution >= 0.6 is 22.6 Å². The summed E-state index contributed by atoms with van der Waals surface area (Å²) in [5.41, 5.74) is 5.51. The Morgan fingerprint density at radius 3 is 2.73 bits per heavy atom. The van der Waals surface area contributed by atoms with Gasteiger partial charge in [-0.2, -0.15) is 10.2 Å². The molecule has 2 aromatic rings. The molecular formula is C9H12IN5. The highest BCUT2D eigenvalue weighted by Crippen LogP contribution is 2.03. The van der Waals surface area contributed by atoms with Crippen LogP contribution in [0.5, 0.6) is 0 Å². The molecule has 6 heteroatoms. The Hall–Kier alpha value is -1.05. The second kappa shape index (κ2) is 4.65. The molecule has 0 bridgehead atoms. The Bertz CT molecular complexity index is 393. The van der Waals surface area contributed by atoms with Crippen molar-refractivity contribution in [3.8, 4) is 0 Å². The zero-order chi connectivity index (χ0) is 10.7. The Balaban J connectivity index is 1.80. The van der Waals surface area contributed by atoms with Gasteiger partial charge in [0.15, 0.2) is 0 Å². The van der Waals surface area contributed by atoms with Crippen molar-refractivity contribution in [1.29, 1.82) is 0 Å². The fourth-order valence-corrected chi connectivity index (χ4v) is 1.80. The highest BCUT2D eigenvalue weighted by atomic mass is 127. The smallest absolute Gasteiger partial charge is 0.145 e. The first-order valence-electron chi connectivity index (χ1n) is 4.71. The van der Waals surface area contributed by atoms with Crippen LogP contribution in [-0.4, -0.2) is 19.6 Å². The van der Waals surface area contributed by atoms with Crippen molar-refractivity contribution < 1.29 is 0 Å². The van der Waals surface area contributed by atoms with Crippen molar-refractivity contribution in [2.24, 2.45) is 0 Å². The van der Waals surface area contributed by atoms with E-state index in [0.717, 1.165) is 23.1 Å². The van der Waals surface area contributed by atoms with Crippen molar-refractivity contribution in [1.82, 2.24) is 19.6 Å². The monoisotopic (exact) mass is 317 g/mol. The summed E-state index contributed by atoms with van der Waals surface area (Å²) in [7, 11) is 0. The fraction of sp³-hybridized carbons (Fsp3) is 0.333. The minimum absolute atomic E-state index is 0.573. The summed E-state index contributed by atoms with van der Waals surface area (Å²) in [6, 6.07) is 1.80. The molecule has 0 atom stereocenters. The molecule has 0 aliphatic rings. The molecule has 0 unspecified atom stereocenters. The molecule has 0 saturated carbocycles. The summed E-state index contributed by atoms with van der Waals surface area (Å²) >= 11 is 2.25. The number of rotatable bonds is 4. The van der Waals surface area contributed by atoms with Crippen LogP contribution in [0.1, 0.15) is 6.42 Å². The van der Waals surface area contributed by atoms with Gasteiger partial charge >= 0.3 is 0 Å². The van der Waals surface area contributed by atoms with Gasteiger partial charge in [0, 0.05) is 25.5 Å². The minimum atomic E-state index is 0.573. The predicted molar refractivity (Wildman–Crippen MR) is 66.2 cm³/mol. The maximum atomic E-state index is 5.51. The van der Waals surface area contributed by atoms with E-state index in [4.69, 9.17) is 5.73 Å². The summed E-state index contributed by atoms with van der Waals surface area (Å²) in [5.74, 6) is 0.573. The van der Waals surface area contributed by atoms with Crippen molar-refractivity contribution in [3.05, 3.63) is 28.2 Å². The number of anilines is 1. The average molecular weight is 317 g/mol. The van der Waals surface area contributed by atoms with Gasteiger partial charge in [0.05, 0.1) is 9.77 Å². The van der Waals surface area contributed by atoms with Crippen LogP contribution in [0.2, 0.25) is 0 Å². The molecule has 15 heavy (non-hydrogen) atoms. The van der Waals surface area contributed by atoms with Gasteiger partial charge in [-0.05, 0) is 35.1 Å². The van der Waals surface area contributed by atoms with Crippen LogP contribution in [0, 0.1) is 3.57 Å². The molecule has 2 N–H and O–H groups in total. The number of nitrogens with two attached hydrogens (primary N) is 1. The molecule has 0 amide bonds. The number of aryl methyl sites for hydroxylation is 2. The molecule has 0 fully saturated rings. The second-order valence-electron chi connectivity index (χ2n) is 3.28. The van der Waals surface area contributed by atoms with E-state index in [9.17, 15) is 0 Å². The van der Waals surface area contributed by atoms with Crippen LogP contribution in [0.4, 0.5) is 5.82 Å². The van der Waals surface area contributed by atoms with Crippen LogP contribution < -0.4 is 5.73 Å². The molecule has 2 rings (SSSR count). The number of nitrogens with zero attached hydrogens (tertiary/aromatic N) is 4. The first-order valence-corrected chi connectivity index (χ1v) is 5.79. The third-order valence-electron chi connectivity index (χ3n) is 2.04. The molecule has 0 spiro atoms. The molecule has 0 saturated heterocycles. The molecule has 5 nitrogen and oxygen atoms in total. The summed E-state index contributed by atoms with van der Waals surface area (Å²) in [6.45, 7) is 1.77. The lowest BCUT2D eigenvalue weighted by atomic mass is 10.4. The number of hydrogen-bond donors (Lipinski definition) is 1. The fourth-order valence-electron chi connectivity index (χ4n) is 1.36. The minimum Gasteiger partial charge on any atom is -0.382 e. The van der Waals surface area contributed by atoms with Crippen LogP contribution in [0.3, 0.4) is 0 Å². The van der Waals surface area contributed by atoms with Gasteiger partial charge in [-0.3, -0.25) is 9.36 Å². The van der Waals surface area contributed by atoms with Crippen molar-refractivity contribution >= 4 is 28.4 Å². The SMILES string of the molecule is Nc1ccn(CCCn2cc(I)cn2)n1. The van der Waals surface area contributed by atoms with Gasteiger partial charge in [-0.25, -0.2) is 0 Å². The highest BCUT2D eigenvalue weighted by Gasteiger charge is 1.97. The summed E-state index contributed by atoms with van der Waals surface area (Å²) < 4.78 is 4.95. The third kappa shape index (κ3) is 2.95. The van der Waals surface area contributed by atoms with E-state index in [-0.39, 0.29) is 0 Å². The standard InChI is InChI=1S/C9H12IN5/c10-8-6-12-15(7-8)4-1-3-14-5-2-9(11)13-14/h2,5-7H,1,3-4H2,(H2,11,13). The first kappa shape index (κ1) is 10.5. The Kier molecular flexibility index (Phi) is 3.24. The van der Waals surface area contributed by atoms with E-state index in [1.165, 1.54) is 0 Å². The lowest BCUT2D eigenvalue weighted by Gasteiger charge is -2.01. The van der Waals surface area contributed by atoms with Gasteiger partial charge in [0.25, 0.3) is 0 Å². The molecule has 0 radical (unpaired) electrons. The molecule has 2 heterocycles. The van der Waals surface area contributed by atoms with E-state index in [1.54, 1.807) is 6.07 Å². The number of aromatic nitrogens is 4. The van der Waals surface area contributed by atoms with Crippen molar-refractivity contribution in [2.75, 3.05) is 5.73 Å². The van der Waals surface area contributed by atoms with Crippen molar-refractivity contribution in [3.63, 3.8) is 0 Å². The van der Waals surface area contributed by atoms with E-state index < -0.39 is 0 Å². The Morgan fingerprint density at radius 1 is 1.33 bits per heavy atom. The number of halogens is 1. The van der Waals surface area contributed by atoms with E-state index in [1.807, 2.05) is 28.0 Å². The van der Waals surface area contributed by atoms with Crippen molar-refractivity contribution in [2.45, 2.75) is 19.5 Å². The maximum Gasteiger partial charge on any atom is 0.145 e. The van der Waals surface area contributed by atoms with E-state index in [2.05, 4.69) is 32.8 Å². The molecule has 0 aliphatic heterocycles. The molecular weight excluding hydrogens is 305 g/mol. The number of nitrogen functional groups attached to an aromatic ring is 1. The number of hydrogen-bond acceptors (Lipinski definition) is 3. The van der Waals surface area contributed by atoms with Gasteiger partial charge in [0.1, 0.15) is 5.82 Å². The molecule has 80 valence electrons. The quantitative estimate of drug-likeness (QED) is 0.866. The average Bonchev–Trinajstić information content (AvgIpc) is 2.76. The largest absolute Gasteiger partial charge is 0.382 e. The maximum absolute atomic E-state index is 5.51. The summed E-state index contributed by atoms with van der Waals surface area (Å²) in [6.07, 6.45) is 6.77. The first-order chi connectivity index (χ1) is 7.24. The van der Waals surface area contributed by atoms with E-state index in [0.29, 0.717) is 5.82 Å².